The molecule has 1 N–H and O–H groups in total. The van der Waals surface area contributed by atoms with Crippen LogP contribution >= 0.6 is 0 Å². The van der Waals surface area contributed by atoms with Gasteiger partial charge in [0.25, 0.3) is 0 Å². The highest BCUT2D eigenvalue weighted by Crippen LogP contribution is 2.51. The Bertz CT molecular complexity index is 730. The third kappa shape index (κ3) is 1.46. The van der Waals surface area contributed by atoms with Crippen LogP contribution in [0.5, 0.6) is 0 Å². The molecule has 3 nitrogen and oxygen atoms in total. The van der Waals surface area contributed by atoms with Crippen LogP contribution in [0.15, 0.2) is 24.3 Å². The van der Waals surface area contributed by atoms with E-state index in [2.05, 4.69) is 33.7 Å². The second-order valence-electron chi connectivity index (χ2n) is 7.30. The van der Waals surface area contributed by atoms with Crippen LogP contribution in [0.3, 0.4) is 0 Å². The number of aromatic nitrogens is 1. The zero-order valence-corrected chi connectivity index (χ0v) is 12.5. The van der Waals surface area contributed by atoms with Crippen molar-refractivity contribution >= 4 is 10.9 Å². The van der Waals surface area contributed by atoms with Gasteiger partial charge in [-0.15, -0.1) is 0 Å². The van der Waals surface area contributed by atoms with Crippen LogP contribution in [-0.2, 0) is 13.0 Å². The lowest BCUT2D eigenvalue weighted by atomic mass is 9.71. The van der Waals surface area contributed by atoms with E-state index in [1.54, 1.807) is 5.56 Å². The number of benzene rings is 1. The maximum atomic E-state index is 11.1. The van der Waals surface area contributed by atoms with Gasteiger partial charge in [-0.05, 0) is 44.4 Å². The van der Waals surface area contributed by atoms with Crippen molar-refractivity contribution in [3.63, 3.8) is 0 Å². The van der Waals surface area contributed by atoms with Crippen molar-refractivity contribution in [1.29, 1.82) is 0 Å². The first kappa shape index (κ1) is 12.2. The summed E-state index contributed by atoms with van der Waals surface area (Å²) in [5.74, 6) is 0.391. The fraction of sp³-hybridized carbons (Fsp3) is 0.556. The summed E-state index contributed by atoms with van der Waals surface area (Å²) in [6.07, 6.45) is 3.55. The van der Waals surface area contributed by atoms with Gasteiger partial charge in [-0.1, -0.05) is 18.2 Å². The standard InChI is InChI=1S/C18H22N2O/c1-18(21)11-20-15-7-3-2-5-12(15)13-8-10-19-9-4-6-14(18)17(19)16(13)20/h2-3,5,7,14,17,21H,4,6,8-11H2,1H3/t14-,17+,18?/m0/s1. The summed E-state index contributed by atoms with van der Waals surface area (Å²) in [6.45, 7) is 5.14. The molecule has 2 aromatic rings. The summed E-state index contributed by atoms with van der Waals surface area (Å²) >= 11 is 0. The molecule has 3 aliphatic rings. The molecule has 1 aromatic carbocycles. The second kappa shape index (κ2) is 3.90. The quantitative estimate of drug-likeness (QED) is 0.805. The highest BCUT2D eigenvalue weighted by Gasteiger charge is 2.50. The van der Waals surface area contributed by atoms with Crippen LogP contribution in [0.25, 0.3) is 10.9 Å². The van der Waals surface area contributed by atoms with Crippen molar-refractivity contribution in [3.05, 3.63) is 35.5 Å². The van der Waals surface area contributed by atoms with E-state index in [1.807, 2.05) is 6.92 Å². The lowest BCUT2D eigenvalue weighted by molar-refractivity contribution is -0.0953. The van der Waals surface area contributed by atoms with Crippen LogP contribution in [0, 0.1) is 5.92 Å². The number of rotatable bonds is 0. The number of para-hydroxylation sites is 1. The molecule has 0 spiro atoms. The molecule has 0 aliphatic carbocycles. The molecule has 1 saturated heterocycles. The van der Waals surface area contributed by atoms with Gasteiger partial charge < -0.3 is 9.67 Å². The number of hydrogen-bond acceptors (Lipinski definition) is 2. The third-order valence-corrected chi connectivity index (χ3v) is 6.06. The van der Waals surface area contributed by atoms with Crippen molar-refractivity contribution in [1.82, 2.24) is 9.47 Å². The molecule has 3 aliphatic heterocycles. The highest BCUT2D eigenvalue weighted by molar-refractivity contribution is 5.86. The van der Waals surface area contributed by atoms with Crippen LogP contribution < -0.4 is 0 Å². The van der Waals surface area contributed by atoms with Gasteiger partial charge in [0.2, 0.25) is 0 Å². The minimum Gasteiger partial charge on any atom is -0.388 e. The Labute approximate surface area is 125 Å². The van der Waals surface area contributed by atoms with Gasteiger partial charge in [-0.3, -0.25) is 4.90 Å². The predicted octanol–water partition coefficient (Wildman–Crippen LogP) is 2.72. The van der Waals surface area contributed by atoms with Gasteiger partial charge in [0.05, 0.1) is 18.2 Å². The molecule has 3 atom stereocenters. The molecule has 0 radical (unpaired) electrons. The van der Waals surface area contributed by atoms with Gasteiger partial charge in [-0.2, -0.15) is 0 Å². The van der Waals surface area contributed by atoms with Crippen LogP contribution in [0.4, 0.5) is 0 Å². The number of piperidine rings is 1. The molecular formula is C18H22N2O. The predicted molar refractivity (Wildman–Crippen MR) is 83.3 cm³/mol. The van der Waals surface area contributed by atoms with E-state index in [0.29, 0.717) is 12.0 Å². The lowest BCUT2D eigenvalue weighted by Gasteiger charge is -2.53. The monoisotopic (exact) mass is 282 g/mol. The fourth-order valence-corrected chi connectivity index (χ4v) is 5.19. The van der Waals surface area contributed by atoms with Gasteiger partial charge in [0.15, 0.2) is 0 Å². The average molecular weight is 282 g/mol. The fourth-order valence-electron chi connectivity index (χ4n) is 5.19. The molecule has 3 heteroatoms. The topological polar surface area (TPSA) is 28.4 Å². The van der Waals surface area contributed by atoms with E-state index in [9.17, 15) is 5.11 Å². The molecule has 0 bridgehead atoms. The van der Waals surface area contributed by atoms with Crippen LogP contribution in [-0.4, -0.2) is 33.3 Å². The van der Waals surface area contributed by atoms with E-state index in [-0.39, 0.29) is 0 Å². The molecule has 1 fully saturated rings. The molecule has 1 aromatic heterocycles. The van der Waals surface area contributed by atoms with Gasteiger partial charge in [-0.25, -0.2) is 0 Å². The van der Waals surface area contributed by atoms with E-state index in [1.165, 1.54) is 29.6 Å². The van der Waals surface area contributed by atoms with E-state index in [4.69, 9.17) is 0 Å². The Morgan fingerprint density at radius 3 is 3.00 bits per heavy atom. The molecule has 0 amide bonds. The Balaban J connectivity index is 1.85. The number of aliphatic hydroxyl groups is 1. The second-order valence-corrected chi connectivity index (χ2v) is 7.30. The number of hydrogen-bond donors (Lipinski definition) is 1. The first-order chi connectivity index (χ1) is 10.2. The van der Waals surface area contributed by atoms with Crippen molar-refractivity contribution in [2.45, 2.75) is 44.4 Å². The van der Waals surface area contributed by atoms with Crippen LogP contribution in [0.1, 0.15) is 37.1 Å². The van der Waals surface area contributed by atoms with E-state index < -0.39 is 5.60 Å². The Morgan fingerprint density at radius 1 is 1.24 bits per heavy atom. The molecule has 5 rings (SSSR count). The summed E-state index contributed by atoms with van der Waals surface area (Å²) < 4.78 is 2.42. The lowest BCUT2D eigenvalue weighted by Crippen LogP contribution is -2.56. The van der Waals surface area contributed by atoms with Crippen molar-refractivity contribution in [2.24, 2.45) is 5.92 Å². The summed E-state index contributed by atoms with van der Waals surface area (Å²) in [4.78, 5) is 2.62. The molecule has 0 saturated carbocycles. The molecule has 110 valence electrons. The minimum atomic E-state index is -0.591. The van der Waals surface area contributed by atoms with Gasteiger partial charge >= 0.3 is 0 Å². The first-order valence-corrected chi connectivity index (χ1v) is 8.23. The van der Waals surface area contributed by atoms with Crippen molar-refractivity contribution < 1.29 is 5.11 Å². The molecule has 21 heavy (non-hydrogen) atoms. The number of fused-ring (bicyclic) bond motifs is 3. The summed E-state index contributed by atoms with van der Waals surface area (Å²) in [7, 11) is 0. The average Bonchev–Trinajstić information content (AvgIpc) is 2.81. The van der Waals surface area contributed by atoms with Gasteiger partial charge in [0.1, 0.15) is 0 Å². The maximum Gasteiger partial charge on any atom is 0.0844 e. The first-order valence-electron chi connectivity index (χ1n) is 8.23. The molecule has 1 unspecified atom stereocenters. The highest BCUT2D eigenvalue weighted by atomic mass is 16.3. The SMILES string of the molecule is CC1(O)Cn2c3c(c4ccccc42)CCN2CCC[C@H]1[C@H]32. The third-order valence-electron chi connectivity index (χ3n) is 6.06. The van der Waals surface area contributed by atoms with Crippen LogP contribution in [0.2, 0.25) is 0 Å². The maximum absolute atomic E-state index is 11.1. The summed E-state index contributed by atoms with van der Waals surface area (Å²) in [6, 6.07) is 9.18. The zero-order chi connectivity index (χ0) is 14.2. The van der Waals surface area contributed by atoms with Gasteiger partial charge in [0, 0.05) is 29.1 Å². The molecular weight excluding hydrogens is 260 g/mol. The van der Waals surface area contributed by atoms with Crippen molar-refractivity contribution in [3.8, 4) is 0 Å². The summed E-state index contributed by atoms with van der Waals surface area (Å²) in [5.41, 5.74) is 3.79. The Hall–Kier alpha value is -1.32. The smallest absolute Gasteiger partial charge is 0.0844 e. The zero-order valence-electron chi connectivity index (χ0n) is 12.5. The molecule has 4 heterocycles. The summed E-state index contributed by atoms with van der Waals surface area (Å²) in [5, 5.41) is 12.5. The Kier molecular flexibility index (Phi) is 2.28. The normalized spacial score (nSPS) is 35.0. The van der Waals surface area contributed by atoms with Crippen molar-refractivity contribution in [2.75, 3.05) is 13.1 Å². The number of nitrogens with zero attached hydrogens (tertiary/aromatic N) is 2. The largest absolute Gasteiger partial charge is 0.388 e. The van der Waals surface area contributed by atoms with E-state index in [0.717, 1.165) is 25.9 Å². The minimum absolute atomic E-state index is 0.391. The Morgan fingerprint density at radius 2 is 2.10 bits per heavy atom. The van der Waals surface area contributed by atoms with E-state index >= 15 is 0 Å².